The molecule has 4 heteroatoms. The molecule has 0 saturated heterocycles. The molecule has 4 nitrogen and oxygen atoms in total. The Balaban J connectivity index is 2.65. The van der Waals surface area contributed by atoms with Crippen LogP contribution in [0.2, 0.25) is 0 Å². The number of rotatable bonds is 1. The summed E-state index contributed by atoms with van der Waals surface area (Å²) in [5.41, 5.74) is 3.27. The highest BCUT2D eigenvalue weighted by Crippen LogP contribution is 2.21. The van der Waals surface area contributed by atoms with Crippen molar-refractivity contribution in [1.82, 2.24) is 9.97 Å². The molecule has 15 heavy (non-hydrogen) atoms. The third kappa shape index (κ3) is 1.93. The topological polar surface area (TPSA) is 54.9 Å². The van der Waals surface area contributed by atoms with Crippen LogP contribution in [-0.4, -0.2) is 15.9 Å². The van der Waals surface area contributed by atoms with Crippen molar-refractivity contribution in [2.45, 2.75) is 13.8 Å². The van der Waals surface area contributed by atoms with E-state index in [1.807, 2.05) is 19.1 Å². The highest BCUT2D eigenvalue weighted by atomic mass is 16.1. The minimum Gasteiger partial charge on any atom is -0.324 e. The van der Waals surface area contributed by atoms with Crippen molar-refractivity contribution in [2.75, 3.05) is 5.32 Å². The van der Waals surface area contributed by atoms with Crippen LogP contribution in [0.3, 0.4) is 0 Å². The molecule has 2 aromatic rings. The largest absolute Gasteiger partial charge is 0.324 e. The van der Waals surface area contributed by atoms with E-state index in [9.17, 15) is 4.79 Å². The number of nitrogens with zero attached hydrogens (tertiary/aromatic N) is 2. The van der Waals surface area contributed by atoms with E-state index >= 15 is 0 Å². The van der Waals surface area contributed by atoms with Crippen LogP contribution in [0.25, 0.3) is 11.0 Å². The number of anilines is 1. The highest BCUT2D eigenvalue weighted by molar-refractivity contribution is 5.98. The quantitative estimate of drug-likeness (QED) is 0.766. The second kappa shape index (κ2) is 3.65. The summed E-state index contributed by atoms with van der Waals surface area (Å²) in [5.74, 6) is -0.104. The minimum atomic E-state index is -0.104. The lowest BCUT2D eigenvalue weighted by atomic mass is 10.2. The summed E-state index contributed by atoms with van der Waals surface area (Å²) in [6, 6.07) is 3.83. The van der Waals surface area contributed by atoms with Crippen molar-refractivity contribution in [1.29, 1.82) is 0 Å². The van der Waals surface area contributed by atoms with Gasteiger partial charge in [0, 0.05) is 19.3 Å². The first-order valence-electron chi connectivity index (χ1n) is 4.66. The number of hydrogen-bond donors (Lipinski definition) is 1. The van der Waals surface area contributed by atoms with Gasteiger partial charge >= 0.3 is 0 Å². The first-order chi connectivity index (χ1) is 7.16. The van der Waals surface area contributed by atoms with Crippen LogP contribution >= 0.6 is 0 Å². The molecule has 0 aliphatic heterocycles. The van der Waals surface area contributed by atoms with Gasteiger partial charge in [-0.1, -0.05) is 0 Å². The maximum atomic E-state index is 11.0. The van der Waals surface area contributed by atoms with E-state index in [-0.39, 0.29) is 5.91 Å². The predicted molar refractivity (Wildman–Crippen MR) is 58.6 cm³/mol. The van der Waals surface area contributed by atoms with Crippen LogP contribution < -0.4 is 5.32 Å². The third-order valence-electron chi connectivity index (χ3n) is 2.03. The molecule has 0 unspecified atom stereocenters. The van der Waals surface area contributed by atoms with E-state index in [1.54, 1.807) is 12.4 Å². The molecule has 0 fully saturated rings. The zero-order valence-electron chi connectivity index (χ0n) is 8.61. The van der Waals surface area contributed by atoms with E-state index in [2.05, 4.69) is 15.3 Å². The Morgan fingerprint density at radius 2 is 2.00 bits per heavy atom. The van der Waals surface area contributed by atoms with Crippen molar-refractivity contribution in [3.8, 4) is 0 Å². The molecular weight excluding hydrogens is 190 g/mol. The van der Waals surface area contributed by atoms with Gasteiger partial charge in [-0.3, -0.25) is 14.8 Å². The van der Waals surface area contributed by atoms with Gasteiger partial charge in [-0.15, -0.1) is 0 Å². The Bertz CT molecular complexity index is 522. The van der Waals surface area contributed by atoms with Crippen LogP contribution in [-0.2, 0) is 4.79 Å². The smallest absolute Gasteiger partial charge is 0.221 e. The first kappa shape index (κ1) is 9.58. The Kier molecular flexibility index (Phi) is 2.33. The lowest BCUT2D eigenvalue weighted by molar-refractivity contribution is -0.114. The molecule has 1 aromatic carbocycles. The van der Waals surface area contributed by atoms with Crippen molar-refractivity contribution in [3.05, 3.63) is 30.1 Å². The number of nitrogens with one attached hydrogen (secondary N) is 1. The maximum absolute atomic E-state index is 11.0. The summed E-state index contributed by atoms with van der Waals surface area (Å²) in [6.07, 6.45) is 3.25. The molecule has 0 bridgehead atoms. The lowest BCUT2D eigenvalue weighted by Crippen LogP contribution is -2.07. The van der Waals surface area contributed by atoms with Gasteiger partial charge in [-0.25, -0.2) is 0 Å². The molecule has 0 spiro atoms. The number of hydrogen-bond acceptors (Lipinski definition) is 3. The van der Waals surface area contributed by atoms with Gasteiger partial charge in [-0.2, -0.15) is 0 Å². The molecule has 0 aliphatic rings. The zero-order valence-corrected chi connectivity index (χ0v) is 8.61. The van der Waals surface area contributed by atoms with Gasteiger partial charge in [0.15, 0.2) is 0 Å². The average Bonchev–Trinajstić information content (AvgIpc) is 2.16. The third-order valence-corrected chi connectivity index (χ3v) is 2.03. The fourth-order valence-electron chi connectivity index (χ4n) is 1.50. The first-order valence-corrected chi connectivity index (χ1v) is 4.66. The number of carbonyl (C=O) groups excluding carboxylic acids is 1. The second-order valence-corrected chi connectivity index (χ2v) is 3.42. The number of benzene rings is 1. The summed E-state index contributed by atoms with van der Waals surface area (Å²) in [4.78, 5) is 19.4. The van der Waals surface area contributed by atoms with Crippen LogP contribution in [0.5, 0.6) is 0 Å². The molecule has 76 valence electrons. The molecular formula is C11H11N3O. The molecule has 0 atom stereocenters. The van der Waals surface area contributed by atoms with Gasteiger partial charge in [0.2, 0.25) is 5.91 Å². The molecule has 0 saturated carbocycles. The fraction of sp³-hybridized carbons (Fsp3) is 0.182. The normalized spacial score (nSPS) is 10.3. The summed E-state index contributed by atoms with van der Waals surface area (Å²) >= 11 is 0. The highest BCUT2D eigenvalue weighted by Gasteiger charge is 2.05. The predicted octanol–water partition coefficient (Wildman–Crippen LogP) is 1.90. The molecule has 1 aromatic heterocycles. The van der Waals surface area contributed by atoms with Gasteiger partial charge in [0.1, 0.15) is 5.52 Å². The Morgan fingerprint density at radius 1 is 1.27 bits per heavy atom. The molecule has 0 radical (unpaired) electrons. The summed E-state index contributed by atoms with van der Waals surface area (Å²) in [5, 5.41) is 2.75. The van der Waals surface area contributed by atoms with Crippen LogP contribution in [0.1, 0.15) is 12.5 Å². The number of amides is 1. The fourth-order valence-corrected chi connectivity index (χ4v) is 1.50. The summed E-state index contributed by atoms with van der Waals surface area (Å²) in [6.45, 7) is 3.43. The van der Waals surface area contributed by atoms with Crippen molar-refractivity contribution >= 4 is 22.6 Å². The monoisotopic (exact) mass is 201 g/mol. The number of aryl methyl sites for hydroxylation is 1. The van der Waals surface area contributed by atoms with E-state index < -0.39 is 0 Å². The standard InChI is InChI=1S/C11H11N3O/c1-7-5-9-11(13-4-3-12-9)10(6-7)14-8(2)15/h3-6H,1-2H3,(H,14,15). The SMILES string of the molecule is CC(=O)Nc1cc(C)cc2nccnc12. The summed E-state index contributed by atoms with van der Waals surface area (Å²) in [7, 11) is 0. The van der Waals surface area contributed by atoms with E-state index in [0.29, 0.717) is 5.69 Å². The van der Waals surface area contributed by atoms with Crippen molar-refractivity contribution < 1.29 is 4.79 Å². The van der Waals surface area contributed by atoms with Crippen LogP contribution in [0.4, 0.5) is 5.69 Å². The number of carbonyl (C=O) groups is 1. The maximum Gasteiger partial charge on any atom is 0.221 e. The zero-order chi connectivity index (χ0) is 10.8. The Labute approximate surface area is 87.4 Å². The molecule has 1 heterocycles. The van der Waals surface area contributed by atoms with Gasteiger partial charge in [0.05, 0.1) is 11.2 Å². The van der Waals surface area contributed by atoms with E-state index in [1.165, 1.54) is 6.92 Å². The number of aromatic nitrogens is 2. The number of fused-ring (bicyclic) bond motifs is 1. The summed E-state index contributed by atoms with van der Waals surface area (Å²) < 4.78 is 0. The lowest BCUT2D eigenvalue weighted by Gasteiger charge is -2.06. The van der Waals surface area contributed by atoms with E-state index in [4.69, 9.17) is 0 Å². The molecule has 1 amide bonds. The van der Waals surface area contributed by atoms with Crippen LogP contribution in [0.15, 0.2) is 24.5 Å². The average molecular weight is 201 g/mol. The van der Waals surface area contributed by atoms with Crippen molar-refractivity contribution in [3.63, 3.8) is 0 Å². The molecule has 1 N–H and O–H groups in total. The Hall–Kier alpha value is -1.97. The minimum absolute atomic E-state index is 0.104. The second-order valence-electron chi connectivity index (χ2n) is 3.42. The molecule has 0 aliphatic carbocycles. The Morgan fingerprint density at radius 3 is 2.73 bits per heavy atom. The van der Waals surface area contributed by atoms with E-state index in [0.717, 1.165) is 16.6 Å². The van der Waals surface area contributed by atoms with Crippen LogP contribution in [0, 0.1) is 6.92 Å². The van der Waals surface area contributed by atoms with Crippen molar-refractivity contribution in [2.24, 2.45) is 0 Å². The van der Waals surface area contributed by atoms with Gasteiger partial charge in [0.25, 0.3) is 0 Å². The van der Waals surface area contributed by atoms with Gasteiger partial charge < -0.3 is 5.32 Å². The van der Waals surface area contributed by atoms with Gasteiger partial charge in [-0.05, 0) is 24.6 Å². The molecule has 2 rings (SSSR count).